The molecule has 0 radical (unpaired) electrons. The van der Waals surface area contributed by atoms with Crippen molar-refractivity contribution in [1.29, 1.82) is 0 Å². The van der Waals surface area contributed by atoms with Crippen LogP contribution in [0, 0.1) is 0 Å². The molecule has 1 aromatic rings. The molecule has 1 aromatic carbocycles. The lowest BCUT2D eigenvalue weighted by atomic mass is 10.1. The second-order valence-electron chi connectivity index (χ2n) is 7.20. The van der Waals surface area contributed by atoms with E-state index in [9.17, 15) is 9.59 Å². The lowest BCUT2D eigenvalue weighted by Crippen LogP contribution is -2.49. The first kappa shape index (κ1) is 19.2. The van der Waals surface area contributed by atoms with Crippen molar-refractivity contribution >= 4 is 29.3 Å². The van der Waals surface area contributed by atoms with E-state index in [1.54, 1.807) is 12.1 Å². The van der Waals surface area contributed by atoms with Crippen molar-refractivity contribution in [2.75, 3.05) is 43.0 Å². The van der Waals surface area contributed by atoms with Gasteiger partial charge in [0.2, 0.25) is 5.91 Å². The van der Waals surface area contributed by atoms with Gasteiger partial charge in [-0.25, -0.2) is 0 Å². The molecule has 6 heteroatoms. The number of likely N-dealkylation sites (tertiary alicyclic amines) is 1. The Morgan fingerprint density at radius 2 is 1.81 bits per heavy atom. The summed E-state index contributed by atoms with van der Waals surface area (Å²) in [4.78, 5) is 28.9. The van der Waals surface area contributed by atoms with Crippen molar-refractivity contribution < 1.29 is 9.59 Å². The molecule has 1 atom stereocenters. The molecule has 1 N–H and O–H groups in total. The molecule has 2 aliphatic heterocycles. The van der Waals surface area contributed by atoms with Gasteiger partial charge in [-0.2, -0.15) is 11.8 Å². The summed E-state index contributed by atoms with van der Waals surface area (Å²) in [6, 6.07) is 7.54. The third-order valence-corrected chi connectivity index (χ3v) is 6.27. The predicted molar refractivity (Wildman–Crippen MR) is 108 cm³/mol. The molecule has 2 saturated heterocycles. The number of piperidine rings is 1. The molecule has 2 aliphatic rings. The molecule has 0 aromatic heterocycles. The number of hydrogen-bond donors (Lipinski definition) is 1. The zero-order valence-corrected chi connectivity index (χ0v) is 16.4. The number of anilines is 1. The molecule has 142 valence electrons. The molecule has 5 nitrogen and oxygen atoms in total. The highest BCUT2D eigenvalue weighted by Gasteiger charge is 2.28. The van der Waals surface area contributed by atoms with Crippen LogP contribution in [-0.4, -0.2) is 65.3 Å². The average molecular weight is 376 g/mol. The summed E-state index contributed by atoms with van der Waals surface area (Å²) in [5.74, 6) is 2.16. The first-order valence-electron chi connectivity index (χ1n) is 9.62. The second-order valence-corrected chi connectivity index (χ2v) is 8.35. The number of hydrogen-bond acceptors (Lipinski definition) is 4. The van der Waals surface area contributed by atoms with E-state index >= 15 is 0 Å². The Morgan fingerprint density at radius 1 is 1.08 bits per heavy atom. The van der Waals surface area contributed by atoms with E-state index in [0.717, 1.165) is 49.8 Å². The Bertz CT molecular complexity index is 614. The second kappa shape index (κ2) is 9.42. The van der Waals surface area contributed by atoms with Crippen LogP contribution in [-0.2, 0) is 4.79 Å². The Hall–Kier alpha value is -1.53. The van der Waals surface area contributed by atoms with Gasteiger partial charge >= 0.3 is 0 Å². The lowest BCUT2D eigenvalue weighted by molar-refractivity contribution is -0.114. The van der Waals surface area contributed by atoms with Gasteiger partial charge in [0, 0.05) is 37.0 Å². The maximum atomic E-state index is 13.1. The summed E-state index contributed by atoms with van der Waals surface area (Å²) in [5.41, 5.74) is 1.43. The highest BCUT2D eigenvalue weighted by molar-refractivity contribution is 7.99. The molecule has 0 spiro atoms. The van der Waals surface area contributed by atoms with Crippen LogP contribution in [0.15, 0.2) is 24.3 Å². The first-order valence-corrected chi connectivity index (χ1v) is 10.8. The summed E-state index contributed by atoms with van der Waals surface area (Å²) in [5, 5.41) is 2.75. The summed E-state index contributed by atoms with van der Waals surface area (Å²) >= 11 is 1.97. The summed E-state index contributed by atoms with van der Waals surface area (Å²) in [7, 11) is 0. The average Bonchev–Trinajstić information content (AvgIpc) is 2.88. The summed E-state index contributed by atoms with van der Waals surface area (Å²) in [6.07, 6.45) is 4.94. The minimum Gasteiger partial charge on any atom is -0.334 e. The van der Waals surface area contributed by atoms with Crippen LogP contribution in [0.4, 0.5) is 5.69 Å². The van der Waals surface area contributed by atoms with E-state index in [1.165, 1.54) is 26.2 Å². The number of thioether (sulfide) groups is 1. The van der Waals surface area contributed by atoms with Gasteiger partial charge in [-0.05, 0) is 62.4 Å². The smallest absolute Gasteiger partial charge is 0.254 e. The van der Waals surface area contributed by atoms with Gasteiger partial charge < -0.3 is 15.1 Å². The van der Waals surface area contributed by atoms with Crippen molar-refractivity contribution in [3.05, 3.63) is 29.8 Å². The van der Waals surface area contributed by atoms with Gasteiger partial charge in [0.25, 0.3) is 5.91 Å². The molecule has 2 fully saturated rings. The van der Waals surface area contributed by atoms with E-state index in [0.29, 0.717) is 5.56 Å². The van der Waals surface area contributed by atoms with Gasteiger partial charge in [0.1, 0.15) is 0 Å². The summed E-state index contributed by atoms with van der Waals surface area (Å²) < 4.78 is 0. The molecule has 2 heterocycles. The predicted octanol–water partition coefficient (Wildman–Crippen LogP) is 3.08. The van der Waals surface area contributed by atoms with E-state index < -0.39 is 0 Å². The molecular weight excluding hydrogens is 346 g/mol. The standard InChI is InChI=1S/C20H29N3O2S/c1-16(24)21-18-8-6-17(7-9-18)20(25)23-12-5-13-26-15-19(23)14-22-10-3-2-4-11-22/h6-9,19H,2-5,10-15H2,1H3,(H,21,24). The topological polar surface area (TPSA) is 52.7 Å². The Morgan fingerprint density at radius 3 is 2.50 bits per heavy atom. The number of carbonyl (C=O) groups excluding carboxylic acids is 2. The van der Waals surface area contributed by atoms with E-state index in [1.807, 2.05) is 23.9 Å². The largest absolute Gasteiger partial charge is 0.334 e. The van der Waals surface area contributed by atoms with Crippen molar-refractivity contribution in [1.82, 2.24) is 9.80 Å². The monoisotopic (exact) mass is 375 g/mol. The van der Waals surface area contributed by atoms with Crippen LogP contribution in [0.2, 0.25) is 0 Å². The molecule has 1 unspecified atom stereocenters. The number of benzene rings is 1. The molecule has 0 bridgehead atoms. The molecule has 26 heavy (non-hydrogen) atoms. The van der Waals surface area contributed by atoms with E-state index in [2.05, 4.69) is 15.1 Å². The number of nitrogens with one attached hydrogen (secondary N) is 1. The number of rotatable bonds is 4. The van der Waals surface area contributed by atoms with Gasteiger partial charge in [0.05, 0.1) is 6.04 Å². The zero-order chi connectivity index (χ0) is 18.4. The van der Waals surface area contributed by atoms with Crippen LogP contribution in [0.25, 0.3) is 0 Å². The third kappa shape index (κ3) is 5.24. The Kier molecular flexibility index (Phi) is 6.97. The third-order valence-electron chi connectivity index (χ3n) is 5.07. The van der Waals surface area contributed by atoms with Crippen molar-refractivity contribution in [3.63, 3.8) is 0 Å². The van der Waals surface area contributed by atoms with Crippen molar-refractivity contribution in [3.8, 4) is 0 Å². The number of carbonyl (C=O) groups is 2. The van der Waals surface area contributed by atoms with Gasteiger partial charge in [0.15, 0.2) is 0 Å². The van der Waals surface area contributed by atoms with E-state index in [-0.39, 0.29) is 17.9 Å². The normalized spacial score (nSPS) is 21.9. The van der Waals surface area contributed by atoms with Crippen LogP contribution in [0.3, 0.4) is 0 Å². The molecule has 3 rings (SSSR count). The number of amides is 2. The van der Waals surface area contributed by atoms with Gasteiger partial charge in [-0.15, -0.1) is 0 Å². The maximum absolute atomic E-state index is 13.1. The lowest BCUT2D eigenvalue weighted by Gasteiger charge is -2.35. The van der Waals surface area contributed by atoms with Gasteiger partial charge in [-0.3, -0.25) is 9.59 Å². The highest BCUT2D eigenvalue weighted by Crippen LogP contribution is 2.22. The van der Waals surface area contributed by atoms with Crippen LogP contribution < -0.4 is 5.32 Å². The van der Waals surface area contributed by atoms with Crippen LogP contribution in [0.5, 0.6) is 0 Å². The fourth-order valence-corrected chi connectivity index (χ4v) is 4.81. The van der Waals surface area contributed by atoms with Crippen molar-refractivity contribution in [2.24, 2.45) is 0 Å². The maximum Gasteiger partial charge on any atom is 0.254 e. The fraction of sp³-hybridized carbons (Fsp3) is 0.600. The number of nitrogens with zero attached hydrogens (tertiary/aromatic N) is 2. The van der Waals surface area contributed by atoms with Crippen LogP contribution >= 0.6 is 11.8 Å². The Labute approximate surface area is 160 Å². The first-order chi connectivity index (χ1) is 12.6. The molecular formula is C20H29N3O2S. The minimum absolute atomic E-state index is 0.102. The highest BCUT2D eigenvalue weighted by atomic mass is 32.2. The van der Waals surface area contributed by atoms with Gasteiger partial charge in [-0.1, -0.05) is 6.42 Å². The molecule has 0 saturated carbocycles. The SMILES string of the molecule is CC(=O)Nc1ccc(C(=O)N2CCCSCC2CN2CCCCC2)cc1. The van der Waals surface area contributed by atoms with Crippen molar-refractivity contribution in [2.45, 2.75) is 38.6 Å². The van der Waals surface area contributed by atoms with E-state index in [4.69, 9.17) is 0 Å². The summed E-state index contributed by atoms with van der Waals surface area (Å²) in [6.45, 7) is 5.63. The van der Waals surface area contributed by atoms with Crippen LogP contribution in [0.1, 0.15) is 43.0 Å². The fourth-order valence-electron chi connectivity index (χ4n) is 3.75. The zero-order valence-electron chi connectivity index (χ0n) is 15.6. The molecule has 0 aliphatic carbocycles. The molecule has 2 amide bonds. The quantitative estimate of drug-likeness (QED) is 0.879. The Balaban J connectivity index is 1.69. The minimum atomic E-state index is -0.102.